The molecule has 0 saturated carbocycles. The van der Waals surface area contributed by atoms with Crippen LogP contribution in [0.15, 0.2) is 134 Å². The average molecular weight is 1390 g/mol. The number of likely N-dealkylation sites (tertiary alicyclic amines) is 1. The number of aliphatic hydroxyl groups is 3. The van der Waals surface area contributed by atoms with Crippen LogP contribution in [0, 0.1) is 6.92 Å². The number of rotatable bonds is 30. The molecule has 3 saturated heterocycles. The lowest BCUT2D eigenvalue weighted by atomic mass is 9.93. The molecule has 0 aliphatic carbocycles. The van der Waals surface area contributed by atoms with E-state index in [4.69, 9.17) is 58.9 Å². The highest BCUT2D eigenvalue weighted by atomic mass is 16.5. The van der Waals surface area contributed by atoms with Crippen LogP contribution >= 0.6 is 0 Å². The van der Waals surface area contributed by atoms with Crippen molar-refractivity contribution in [2.45, 2.75) is 107 Å². The van der Waals surface area contributed by atoms with E-state index < -0.39 is 18.3 Å². The molecule has 12 rings (SSSR count). The van der Waals surface area contributed by atoms with Crippen LogP contribution in [0.1, 0.15) is 68.6 Å². The Morgan fingerprint density at radius 2 is 1.16 bits per heavy atom. The van der Waals surface area contributed by atoms with Gasteiger partial charge in [0.05, 0.1) is 28.5 Å². The summed E-state index contributed by atoms with van der Waals surface area (Å²) < 4.78 is 24.8. The number of aromatic nitrogens is 10. The van der Waals surface area contributed by atoms with E-state index in [9.17, 15) is 20.1 Å². The van der Waals surface area contributed by atoms with Gasteiger partial charge in [-0.25, -0.2) is 29.9 Å². The molecule has 7 atom stereocenters. The van der Waals surface area contributed by atoms with Gasteiger partial charge in [0.1, 0.15) is 78.9 Å². The molecule has 6 aromatic heterocycles. The number of nitrogens with zero attached hydrogens (tertiary/aromatic N) is 12. The first kappa shape index (κ1) is 72.2. The van der Waals surface area contributed by atoms with Crippen molar-refractivity contribution in [1.29, 1.82) is 0 Å². The number of carbonyl (C=O) groups is 1. The Morgan fingerprint density at radius 1 is 0.618 bits per heavy atom. The minimum Gasteiger partial charge on any atom is -0.491 e. The number of pyridine rings is 2. The second-order valence-electron chi connectivity index (χ2n) is 26.6. The molecule has 9 heterocycles. The number of likely N-dealkylation sites (N-methyl/N-ethyl adjacent to an activating group) is 3. The molecule has 26 heteroatoms. The number of ether oxygens (including phenoxy) is 4. The number of aliphatic hydroxyl groups excluding tert-OH is 3. The molecule has 1 amide bonds. The highest BCUT2D eigenvalue weighted by Gasteiger charge is 2.32. The van der Waals surface area contributed by atoms with Gasteiger partial charge in [0.25, 0.3) is 0 Å². The number of hydrogen-bond donors (Lipinski definition) is 9. The van der Waals surface area contributed by atoms with Crippen LogP contribution in [0.4, 0.5) is 17.5 Å². The van der Waals surface area contributed by atoms with Gasteiger partial charge >= 0.3 is 0 Å². The zero-order chi connectivity index (χ0) is 71.1. The minimum absolute atomic E-state index is 0.0348. The molecule has 3 aromatic carbocycles. The molecule has 3 aliphatic rings. The summed E-state index contributed by atoms with van der Waals surface area (Å²) in [5.74, 6) is 5.54. The van der Waals surface area contributed by atoms with Gasteiger partial charge in [-0.15, -0.1) is 0 Å². The van der Waals surface area contributed by atoms with Crippen molar-refractivity contribution in [1.82, 2.24) is 76.2 Å². The molecule has 0 bridgehead atoms. The van der Waals surface area contributed by atoms with Crippen molar-refractivity contribution in [3.05, 3.63) is 151 Å². The van der Waals surface area contributed by atoms with Gasteiger partial charge in [-0.3, -0.25) is 19.9 Å². The van der Waals surface area contributed by atoms with Gasteiger partial charge in [-0.05, 0) is 134 Å². The number of anilines is 3. The Kier molecular flexibility index (Phi) is 24.3. The molecule has 0 spiro atoms. The number of benzene rings is 3. The van der Waals surface area contributed by atoms with Crippen molar-refractivity contribution >= 4 is 23.4 Å². The summed E-state index contributed by atoms with van der Waals surface area (Å²) in [6.45, 7) is 7.77. The molecular formula is C76H94N18O8. The monoisotopic (exact) mass is 1390 g/mol. The van der Waals surface area contributed by atoms with Crippen molar-refractivity contribution in [2.24, 2.45) is 0 Å². The zero-order valence-corrected chi connectivity index (χ0v) is 59.1. The second-order valence-corrected chi connectivity index (χ2v) is 26.6. The standard InChI is InChI=1S/C76H94N18O8/c1-47-73(68(91-90-47)36-55-35-57(20-27-81-55)93(7)72-39-64(49-17-24-80-25-18-49)84-75(89-72)52-12-9-15-62(32-52)101-45-59(97)42-78-4)67-38-70(87-74(86-67)51-11-8-14-61(31-51)100-44-58(96)41-77-3)83-54-23-30-99-69(37-54)66-34-50(19-26-82-66)65-40-71(92(6)56-21-28-94(29-22-56)48(2)95)88-76(85-65)53-13-10-16-63(33-53)102-46-60(98)43-79-5/h8-19,24-26,31-34,38-40,54-60,69,77-79,81,96-98H,20-23,27-30,35-37,41-46H2,1-7H3,(H,90,91)(H,83,86,87). The SMILES string of the molecule is CNCC(O)COc1cccc(-c2nc(NC3CCOC(c4cc(-c5cc(N(C)C6CCN(C(C)=O)CC6)nc(-c6cccc(OCC(O)CNC)c6)n5)ccn4)C3)cc(-c3c(CC4CC(N(C)c5cc(-c6ccncc6)nc(-c6cccc(OCC(O)CNC)c6)n5)CCN4)n[nH]c3C)n2)c1. The Bertz CT molecular complexity index is 4240. The van der Waals surface area contributed by atoms with Gasteiger partial charge in [0, 0.05) is 167 Å². The minimum atomic E-state index is -0.706. The lowest BCUT2D eigenvalue weighted by Crippen LogP contribution is -2.48. The molecule has 102 heavy (non-hydrogen) atoms. The third-order valence-corrected chi connectivity index (χ3v) is 19.0. The Hall–Kier alpha value is -9.64. The van der Waals surface area contributed by atoms with Crippen molar-refractivity contribution in [3.8, 4) is 85.2 Å². The highest BCUT2D eigenvalue weighted by molar-refractivity contribution is 5.74. The summed E-state index contributed by atoms with van der Waals surface area (Å²) >= 11 is 0. The largest absolute Gasteiger partial charge is 0.491 e. The van der Waals surface area contributed by atoms with Gasteiger partial charge in [0.2, 0.25) is 5.91 Å². The first-order valence-corrected chi connectivity index (χ1v) is 35.2. The van der Waals surface area contributed by atoms with E-state index in [0.717, 1.165) is 100 Å². The Morgan fingerprint density at radius 3 is 1.73 bits per heavy atom. The first-order valence-electron chi connectivity index (χ1n) is 35.2. The fourth-order valence-corrected chi connectivity index (χ4v) is 13.5. The number of hydrogen-bond acceptors (Lipinski definition) is 24. The molecule has 3 fully saturated rings. The van der Waals surface area contributed by atoms with Crippen LogP contribution in [0.25, 0.3) is 67.9 Å². The summed E-state index contributed by atoms with van der Waals surface area (Å²) in [6, 6.07) is 37.1. The summed E-state index contributed by atoms with van der Waals surface area (Å²) in [4.78, 5) is 59.1. The van der Waals surface area contributed by atoms with Crippen LogP contribution in [0.5, 0.6) is 17.2 Å². The maximum Gasteiger partial charge on any atom is 0.219 e. The van der Waals surface area contributed by atoms with Crippen molar-refractivity contribution in [2.75, 3.05) is 116 Å². The van der Waals surface area contributed by atoms with Crippen LogP contribution in [0.3, 0.4) is 0 Å². The quantitative estimate of drug-likeness (QED) is 0.0213. The first-order chi connectivity index (χ1) is 49.6. The Balaban J connectivity index is 0.809. The predicted molar refractivity (Wildman–Crippen MR) is 393 cm³/mol. The lowest BCUT2D eigenvalue weighted by molar-refractivity contribution is -0.129. The summed E-state index contributed by atoms with van der Waals surface area (Å²) in [6.07, 6.45) is 8.04. The number of H-pyrrole nitrogens is 1. The molecule has 0 radical (unpaired) electrons. The third kappa shape index (κ3) is 18.5. The number of aryl methyl sites for hydroxylation is 1. The highest BCUT2D eigenvalue weighted by Crippen LogP contribution is 2.38. The van der Waals surface area contributed by atoms with E-state index in [0.29, 0.717) is 111 Å². The second kappa shape index (κ2) is 34.4. The number of carbonyl (C=O) groups excluding carboxylic acids is 1. The maximum absolute atomic E-state index is 12.3. The van der Waals surface area contributed by atoms with Gasteiger partial charge < -0.3 is 75.6 Å². The van der Waals surface area contributed by atoms with Crippen molar-refractivity contribution < 1.29 is 39.1 Å². The molecule has 26 nitrogen and oxygen atoms in total. The van der Waals surface area contributed by atoms with Crippen LogP contribution in [0.2, 0.25) is 0 Å². The van der Waals surface area contributed by atoms with E-state index in [2.05, 4.69) is 66.6 Å². The number of aromatic amines is 1. The summed E-state index contributed by atoms with van der Waals surface area (Å²) in [7, 11) is 9.53. The van der Waals surface area contributed by atoms with Crippen LogP contribution in [-0.2, 0) is 16.0 Å². The fraction of sp³-hybridized carbons (Fsp3) is 0.421. The fourth-order valence-electron chi connectivity index (χ4n) is 13.5. The van der Waals surface area contributed by atoms with Gasteiger partial charge in [-0.2, -0.15) is 5.10 Å². The average Bonchev–Trinajstić information content (AvgIpc) is 1.25. The summed E-state index contributed by atoms with van der Waals surface area (Å²) in [5.41, 5.74) is 9.57. The van der Waals surface area contributed by atoms with E-state index in [1.54, 1.807) is 46.7 Å². The van der Waals surface area contributed by atoms with E-state index in [1.165, 1.54) is 0 Å². The van der Waals surface area contributed by atoms with Gasteiger partial charge in [0.15, 0.2) is 17.5 Å². The molecule has 3 aliphatic heterocycles. The predicted octanol–water partition coefficient (Wildman–Crippen LogP) is 7.34. The summed E-state index contributed by atoms with van der Waals surface area (Å²) in [5, 5.41) is 56.4. The zero-order valence-electron chi connectivity index (χ0n) is 59.1. The van der Waals surface area contributed by atoms with Crippen LogP contribution in [-0.4, -0.2) is 220 Å². The number of amides is 1. The van der Waals surface area contributed by atoms with E-state index in [1.807, 2.05) is 121 Å². The third-order valence-electron chi connectivity index (χ3n) is 19.0. The van der Waals surface area contributed by atoms with E-state index in [-0.39, 0.29) is 56.0 Å². The lowest BCUT2D eigenvalue weighted by Gasteiger charge is -2.37. The Labute approximate surface area is 595 Å². The molecule has 536 valence electrons. The number of nitrogens with one attached hydrogen (secondary N) is 6. The smallest absolute Gasteiger partial charge is 0.219 e. The normalized spacial score (nSPS) is 18.1. The van der Waals surface area contributed by atoms with Crippen molar-refractivity contribution in [3.63, 3.8) is 0 Å². The van der Waals surface area contributed by atoms with Gasteiger partial charge in [-0.1, -0.05) is 36.4 Å². The van der Waals surface area contributed by atoms with E-state index >= 15 is 0 Å². The topological polar surface area (TPSA) is 316 Å². The van der Waals surface area contributed by atoms with Crippen LogP contribution < -0.4 is 50.6 Å². The molecule has 7 unspecified atom stereocenters. The maximum atomic E-state index is 12.3. The molecule has 9 aromatic rings. The number of piperidine rings is 2. The molecular weight excluding hydrogens is 1290 g/mol. The molecule has 9 N–H and O–H groups in total.